The monoisotopic (exact) mass is 408 g/mol. The molecule has 2 aromatic carbocycles. The van der Waals surface area contributed by atoms with Crippen LogP contribution in [0.25, 0.3) is 23.0 Å². The van der Waals surface area contributed by atoms with E-state index in [-0.39, 0.29) is 11.3 Å². The average Bonchev–Trinajstić information content (AvgIpc) is 3.08. The Bertz CT molecular complexity index is 1060. The number of hydrogen-bond acceptors (Lipinski definition) is 4. The zero-order chi connectivity index (χ0) is 18.7. The average molecular weight is 409 g/mol. The molecule has 0 radical (unpaired) electrons. The number of non-ortho nitro benzene ring substituents is 1. The smallest absolute Gasteiger partial charge is 0.270 e. The Morgan fingerprint density at radius 3 is 2.73 bits per heavy atom. The summed E-state index contributed by atoms with van der Waals surface area (Å²) in [5.74, 6) is 1.16. The van der Waals surface area contributed by atoms with Crippen LogP contribution in [-0.2, 0) is 0 Å². The van der Waals surface area contributed by atoms with Crippen LogP contribution in [0.4, 0.5) is 5.69 Å². The van der Waals surface area contributed by atoms with Crippen molar-refractivity contribution in [1.82, 2.24) is 0 Å². The third kappa shape index (κ3) is 3.73. The maximum Gasteiger partial charge on any atom is 0.270 e. The van der Waals surface area contributed by atoms with E-state index in [9.17, 15) is 15.4 Å². The molecular formula is C20H13BrN2O3. The lowest BCUT2D eigenvalue weighted by molar-refractivity contribution is -0.384. The van der Waals surface area contributed by atoms with Crippen molar-refractivity contribution < 1.29 is 9.34 Å². The lowest BCUT2D eigenvalue weighted by Gasteiger charge is -2.02. The van der Waals surface area contributed by atoms with E-state index in [4.69, 9.17) is 4.42 Å². The summed E-state index contributed by atoms with van der Waals surface area (Å²) in [7, 11) is 0. The van der Waals surface area contributed by atoms with Crippen LogP contribution in [0.1, 0.15) is 16.9 Å². The lowest BCUT2D eigenvalue weighted by atomic mass is 10.1. The Morgan fingerprint density at radius 1 is 1.23 bits per heavy atom. The Labute approximate surface area is 158 Å². The molecule has 5 nitrogen and oxygen atoms in total. The van der Waals surface area contributed by atoms with E-state index >= 15 is 0 Å². The maximum atomic E-state index is 10.9. The minimum absolute atomic E-state index is 0.0626. The van der Waals surface area contributed by atoms with Crippen LogP contribution in [-0.4, -0.2) is 4.92 Å². The van der Waals surface area contributed by atoms with Gasteiger partial charge in [-0.15, -0.1) is 0 Å². The van der Waals surface area contributed by atoms with Crippen molar-refractivity contribution in [2.75, 3.05) is 0 Å². The van der Waals surface area contributed by atoms with Crippen LogP contribution >= 0.6 is 15.9 Å². The highest BCUT2D eigenvalue weighted by atomic mass is 79.9. The highest BCUT2D eigenvalue weighted by Crippen LogP contribution is 2.31. The van der Waals surface area contributed by atoms with Crippen LogP contribution in [0.2, 0.25) is 0 Å². The fourth-order valence-electron chi connectivity index (χ4n) is 2.50. The van der Waals surface area contributed by atoms with E-state index in [1.807, 2.05) is 31.2 Å². The van der Waals surface area contributed by atoms with Gasteiger partial charge < -0.3 is 4.42 Å². The van der Waals surface area contributed by atoms with Gasteiger partial charge in [0, 0.05) is 22.2 Å². The maximum absolute atomic E-state index is 10.9. The fraction of sp³-hybridized carbons (Fsp3) is 0.0500. The van der Waals surface area contributed by atoms with Gasteiger partial charge in [-0.05, 0) is 48.4 Å². The molecule has 0 aliphatic heterocycles. The van der Waals surface area contributed by atoms with Crippen LogP contribution in [0.15, 0.2) is 63.5 Å². The van der Waals surface area contributed by atoms with Crippen molar-refractivity contribution in [3.05, 3.63) is 86.1 Å². The van der Waals surface area contributed by atoms with Crippen molar-refractivity contribution in [3.63, 3.8) is 0 Å². The molecule has 3 aromatic rings. The van der Waals surface area contributed by atoms with E-state index in [2.05, 4.69) is 22.0 Å². The van der Waals surface area contributed by atoms with Crippen LogP contribution < -0.4 is 0 Å². The number of rotatable bonds is 4. The number of nitro benzene ring substituents is 1. The van der Waals surface area contributed by atoms with E-state index in [1.54, 1.807) is 24.3 Å². The van der Waals surface area contributed by atoms with E-state index in [0.717, 1.165) is 15.6 Å². The summed E-state index contributed by atoms with van der Waals surface area (Å²) in [4.78, 5) is 10.4. The molecule has 0 amide bonds. The molecule has 0 fully saturated rings. The summed E-state index contributed by atoms with van der Waals surface area (Å²) in [6.45, 7) is 2.00. The van der Waals surface area contributed by atoms with Gasteiger partial charge in [-0.1, -0.05) is 34.1 Å². The minimum Gasteiger partial charge on any atom is -0.457 e. The second-order valence-electron chi connectivity index (χ2n) is 5.66. The van der Waals surface area contributed by atoms with E-state index in [1.165, 1.54) is 12.1 Å². The van der Waals surface area contributed by atoms with Gasteiger partial charge in [0.2, 0.25) is 0 Å². The molecule has 26 heavy (non-hydrogen) atoms. The first-order chi connectivity index (χ1) is 12.5. The van der Waals surface area contributed by atoms with Crippen molar-refractivity contribution >= 4 is 33.3 Å². The van der Waals surface area contributed by atoms with Crippen molar-refractivity contribution in [2.45, 2.75) is 6.92 Å². The third-order valence-corrected chi connectivity index (χ3v) is 4.45. The Balaban J connectivity index is 1.96. The standard InChI is InChI=1S/C20H13BrN2O3/c1-13-5-7-18(19(21)9-13)20-8-6-17(26-20)11-15(12-22)14-3-2-4-16(10-14)23(24)25/h2-11H,1H3. The van der Waals surface area contributed by atoms with Gasteiger partial charge in [0.15, 0.2) is 0 Å². The van der Waals surface area contributed by atoms with Gasteiger partial charge in [-0.3, -0.25) is 10.1 Å². The van der Waals surface area contributed by atoms with Gasteiger partial charge in [-0.25, -0.2) is 0 Å². The molecule has 0 atom stereocenters. The molecule has 0 aliphatic rings. The Kier molecular flexibility index (Phi) is 5.01. The molecule has 0 unspecified atom stereocenters. The molecule has 0 saturated heterocycles. The summed E-state index contributed by atoms with van der Waals surface area (Å²) in [5.41, 5.74) is 2.73. The summed E-state index contributed by atoms with van der Waals surface area (Å²) < 4.78 is 6.75. The molecule has 6 heteroatoms. The van der Waals surface area contributed by atoms with Crippen LogP contribution in [0, 0.1) is 28.4 Å². The molecular weight excluding hydrogens is 396 g/mol. The molecule has 0 bridgehead atoms. The quantitative estimate of drug-likeness (QED) is 0.301. The van der Waals surface area contributed by atoms with Gasteiger partial charge in [0.05, 0.1) is 16.6 Å². The summed E-state index contributed by atoms with van der Waals surface area (Å²) in [6, 6.07) is 17.6. The van der Waals surface area contributed by atoms with Crippen molar-refractivity contribution in [2.24, 2.45) is 0 Å². The van der Waals surface area contributed by atoms with Crippen LogP contribution in [0.5, 0.6) is 0 Å². The number of halogens is 1. The summed E-state index contributed by atoms with van der Waals surface area (Å²) in [5, 5.41) is 20.4. The predicted molar refractivity (Wildman–Crippen MR) is 103 cm³/mol. The number of aryl methyl sites for hydroxylation is 1. The largest absolute Gasteiger partial charge is 0.457 e. The molecule has 3 rings (SSSR count). The first kappa shape index (κ1) is 17.6. The number of benzene rings is 2. The predicted octanol–water partition coefficient (Wildman–Crippen LogP) is 5.99. The van der Waals surface area contributed by atoms with Gasteiger partial charge in [-0.2, -0.15) is 5.26 Å². The number of nitriles is 1. The number of hydrogen-bond donors (Lipinski definition) is 0. The summed E-state index contributed by atoms with van der Waals surface area (Å²) >= 11 is 3.52. The zero-order valence-electron chi connectivity index (χ0n) is 13.8. The molecule has 1 heterocycles. The number of nitrogens with zero attached hydrogens (tertiary/aromatic N) is 2. The molecule has 1 aromatic heterocycles. The SMILES string of the molecule is Cc1ccc(-c2ccc(C=C(C#N)c3cccc([N+](=O)[O-])c3)o2)c(Br)c1. The molecule has 0 saturated carbocycles. The Hall–Kier alpha value is -3.17. The number of nitro groups is 1. The molecule has 128 valence electrons. The number of furan rings is 1. The highest BCUT2D eigenvalue weighted by molar-refractivity contribution is 9.10. The van der Waals surface area contributed by atoms with Crippen molar-refractivity contribution in [1.29, 1.82) is 5.26 Å². The van der Waals surface area contributed by atoms with E-state index < -0.39 is 4.92 Å². The van der Waals surface area contributed by atoms with Crippen LogP contribution in [0.3, 0.4) is 0 Å². The third-order valence-electron chi connectivity index (χ3n) is 3.79. The van der Waals surface area contributed by atoms with Gasteiger partial charge in [0.1, 0.15) is 11.5 Å². The zero-order valence-corrected chi connectivity index (χ0v) is 15.4. The second-order valence-corrected chi connectivity index (χ2v) is 6.52. The summed E-state index contributed by atoms with van der Waals surface area (Å²) in [6.07, 6.45) is 1.57. The minimum atomic E-state index is -0.488. The fourth-order valence-corrected chi connectivity index (χ4v) is 3.19. The highest BCUT2D eigenvalue weighted by Gasteiger charge is 2.11. The first-order valence-corrected chi connectivity index (χ1v) is 8.50. The van der Waals surface area contributed by atoms with E-state index in [0.29, 0.717) is 17.1 Å². The first-order valence-electron chi connectivity index (χ1n) is 7.71. The molecule has 0 N–H and O–H groups in total. The van der Waals surface area contributed by atoms with Crippen molar-refractivity contribution in [3.8, 4) is 17.4 Å². The normalized spacial score (nSPS) is 11.2. The topological polar surface area (TPSA) is 80.1 Å². The molecule has 0 aliphatic carbocycles. The Morgan fingerprint density at radius 2 is 2.04 bits per heavy atom. The number of allylic oxidation sites excluding steroid dienone is 1. The second kappa shape index (κ2) is 7.38. The van der Waals surface area contributed by atoms with Gasteiger partial charge in [0.25, 0.3) is 5.69 Å². The molecule has 0 spiro atoms. The lowest BCUT2D eigenvalue weighted by Crippen LogP contribution is -1.89. The van der Waals surface area contributed by atoms with Gasteiger partial charge >= 0.3 is 0 Å².